The van der Waals surface area contributed by atoms with E-state index in [1.807, 2.05) is 36.4 Å². The molecule has 2 aliphatic rings. The second-order valence-electron chi connectivity index (χ2n) is 6.85. The van der Waals surface area contributed by atoms with Crippen LogP contribution in [0.1, 0.15) is 12.8 Å². The zero-order valence-corrected chi connectivity index (χ0v) is 15.0. The van der Waals surface area contributed by atoms with Crippen LogP contribution in [0, 0.1) is 5.92 Å². The number of ether oxygens (including phenoxy) is 1. The number of benzene rings is 1. The molecule has 3 heterocycles. The molecule has 2 saturated heterocycles. The van der Waals surface area contributed by atoms with Crippen LogP contribution in [0.3, 0.4) is 0 Å². The normalized spacial score (nSPS) is 24.0. The predicted octanol–water partition coefficient (Wildman–Crippen LogP) is 3.11. The Morgan fingerprint density at radius 3 is 2.80 bits per heavy atom. The van der Waals surface area contributed by atoms with Gasteiger partial charge in [-0.05, 0) is 42.6 Å². The standard InChI is InChI=1S/C19H23ClN4O/c20-19-21-9-8-18(22-19)24-11-10-23-12-15(6-7-16(23)13-24)14-25-17-4-2-1-3-5-17/h1-5,8-9,15-16H,6-7,10-14H2. The maximum Gasteiger partial charge on any atom is 0.224 e. The first-order valence-electron chi connectivity index (χ1n) is 8.93. The number of fused-ring (bicyclic) bond motifs is 1. The molecule has 6 heteroatoms. The molecule has 2 atom stereocenters. The van der Waals surface area contributed by atoms with Crippen molar-refractivity contribution >= 4 is 17.4 Å². The van der Waals surface area contributed by atoms with E-state index < -0.39 is 0 Å². The second kappa shape index (κ2) is 7.58. The Kier molecular flexibility index (Phi) is 5.04. The quantitative estimate of drug-likeness (QED) is 0.785. The number of piperazine rings is 1. The van der Waals surface area contributed by atoms with Gasteiger partial charge in [0.05, 0.1) is 6.61 Å². The summed E-state index contributed by atoms with van der Waals surface area (Å²) in [5, 5.41) is 0.321. The Morgan fingerprint density at radius 1 is 1.08 bits per heavy atom. The number of halogens is 1. The van der Waals surface area contributed by atoms with Crippen LogP contribution in [0.4, 0.5) is 5.82 Å². The van der Waals surface area contributed by atoms with E-state index in [2.05, 4.69) is 19.8 Å². The third-order valence-electron chi connectivity index (χ3n) is 5.17. The van der Waals surface area contributed by atoms with Gasteiger partial charge in [0.2, 0.25) is 5.28 Å². The summed E-state index contributed by atoms with van der Waals surface area (Å²) in [6.07, 6.45) is 4.15. The molecule has 2 aliphatic heterocycles. The van der Waals surface area contributed by atoms with Crippen LogP contribution < -0.4 is 9.64 Å². The number of hydrogen-bond donors (Lipinski definition) is 0. The summed E-state index contributed by atoms with van der Waals surface area (Å²) >= 11 is 5.93. The van der Waals surface area contributed by atoms with Crippen LogP contribution in [0.5, 0.6) is 5.75 Å². The summed E-state index contributed by atoms with van der Waals surface area (Å²) in [5.41, 5.74) is 0. The summed E-state index contributed by atoms with van der Waals surface area (Å²) in [5.74, 6) is 2.51. The molecule has 0 radical (unpaired) electrons. The average Bonchev–Trinajstić information content (AvgIpc) is 2.66. The van der Waals surface area contributed by atoms with Crippen molar-refractivity contribution in [1.29, 1.82) is 0 Å². The van der Waals surface area contributed by atoms with Crippen LogP contribution in [-0.4, -0.2) is 53.7 Å². The fourth-order valence-electron chi connectivity index (χ4n) is 3.84. The molecule has 0 spiro atoms. The molecule has 25 heavy (non-hydrogen) atoms. The van der Waals surface area contributed by atoms with Crippen molar-refractivity contribution in [2.75, 3.05) is 37.7 Å². The van der Waals surface area contributed by atoms with Gasteiger partial charge in [-0.2, -0.15) is 0 Å². The van der Waals surface area contributed by atoms with E-state index in [9.17, 15) is 0 Å². The van der Waals surface area contributed by atoms with Crippen molar-refractivity contribution in [3.8, 4) is 5.75 Å². The van der Waals surface area contributed by atoms with Gasteiger partial charge in [-0.25, -0.2) is 9.97 Å². The van der Waals surface area contributed by atoms with Crippen molar-refractivity contribution in [2.45, 2.75) is 18.9 Å². The molecule has 1 aromatic carbocycles. The van der Waals surface area contributed by atoms with Crippen molar-refractivity contribution in [1.82, 2.24) is 14.9 Å². The minimum Gasteiger partial charge on any atom is -0.493 e. The molecule has 0 aliphatic carbocycles. The minimum atomic E-state index is 0.321. The molecule has 4 rings (SSSR count). The van der Waals surface area contributed by atoms with E-state index >= 15 is 0 Å². The highest BCUT2D eigenvalue weighted by atomic mass is 35.5. The van der Waals surface area contributed by atoms with Gasteiger partial charge >= 0.3 is 0 Å². The number of rotatable bonds is 4. The lowest BCUT2D eigenvalue weighted by atomic mass is 9.91. The lowest BCUT2D eigenvalue weighted by Crippen LogP contribution is -2.57. The van der Waals surface area contributed by atoms with E-state index in [0.717, 1.165) is 44.4 Å². The summed E-state index contributed by atoms with van der Waals surface area (Å²) in [4.78, 5) is 13.3. The van der Waals surface area contributed by atoms with Crippen LogP contribution in [-0.2, 0) is 0 Å². The molecule has 1 aromatic heterocycles. The summed E-state index contributed by atoms with van der Waals surface area (Å²) in [6.45, 7) is 4.98. The molecule has 0 bridgehead atoms. The fraction of sp³-hybridized carbons (Fsp3) is 0.474. The van der Waals surface area contributed by atoms with Gasteiger partial charge in [0, 0.05) is 44.3 Å². The number of para-hydroxylation sites is 1. The monoisotopic (exact) mass is 358 g/mol. The minimum absolute atomic E-state index is 0.321. The van der Waals surface area contributed by atoms with Gasteiger partial charge in [-0.15, -0.1) is 0 Å². The molecule has 2 unspecified atom stereocenters. The highest BCUT2D eigenvalue weighted by molar-refractivity contribution is 6.28. The van der Waals surface area contributed by atoms with Crippen molar-refractivity contribution in [3.05, 3.63) is 47.9 Å². The van der Waals surface area contributed by atoms with Gasteiger partial charge in [0.15, 0.2) is 0 Å². The van der Waals surface area contributed by atoms with Gasteiger partial charge in [0.25, 0.3) is 0 Å². The van der Waals surface area contributed by atoms with Crippen molar-refractivity contribution in [3.63, 3.8) is 0 Å². The molecule has 132 valence electrons. The predicted molar refractivity (Wildman–Crippen MR) is 99.3 cm³/mol. The van der Waals surface area contributed by atoms with E-state index in [1.54, 1.807) is 6.20 Å². The molecule has 2 fully saturated rings. The molecule has 5 nitrogen and oxygen atoms in total. The molecule has 0 amide bonds. The largest absolute Gasteiger partial charge is 0.493 e. The SMILES string of the molecule is Clc1nccc(N2CCN3CC(COc4ccccc4)CCC3C2)n1. The maximum absolute atomic E-state index is 5.96. The van der Waals surface area contributed by atoms with E-state index in [4.69, 9.17) is 16.3 Å². The maximum atomic E-state index is 5.96. The highest BCUT2D eigenvalue weighted by Crippen LogP contribution is 2.27. The van der Waals surface area contributed by atoms with Gasteiger partial charge in [-0.3, -0.25) is 4.90 Å². The zero-order valence-electron chi connectivity index (χ0n) is 14.2. The summed E-state index contributed by atoms with van der Waals surface area (Å²) < 4.78 is 5.96. The van der Waals surface area contributed by atoms with Gasteiger partial charge in [-0.1, -0.05) is 18.2 Å². The van der Waals surface area contributed by atoms with Crippen LogP contribution >= 0.6 is 11.6 Å². The Labute approximate surface area is 153 Å². The number of aromatic nitrogens is 2. The summed E-state index contributed by atoms with van der Waals surface area (Å²) in [6, 6.07) is 12.6. The topological polar surface area (TPSA) is 41.5 Å². The van der Waals surface area contributed by atoms with E-state index in [0.29, 0.717) is 17.2 Å². The molecule has 2 aromatic rings. The number of nitrogens with zero attached hydrogens (tertiary/aromatic N) is 4. The summed E-state index contributed by atoms with van der Waals surface area (Å²) in [7, 11) is 0. The third-order valence-corrected chi connectivity index (χ3v) is 5.35. The number of piperidine rings is 1. The third kappa shape index (κ3) is 4.05. The Morgan fingerprint density at radius 2 is 1.96 bits per heavy atom. The van der Waals surface area contributed by atoms with Crippen LogP contribution in [0.15, 0.2) is 42.6 Å². The lowest BCUT2D eigenvalue weighted by Gasteiger charge is -2.46. The second-order valence-corrected chi connectivity index (χ2v) is 7.18. The molecular formula is C19H23ClN4O. The van der Waals surface area contributed by atoms with Crippen LogP contribution in [0.2, 0.25) is 5.28 Å². The van der Waals surface area contributed by atoms with Gasteiger partial charge < -0.3 is 9.64 Å². The Bertz CT molecular complexity index is 699. The zero-order chi connectivity index (χ0) is 17.1. The first kappa shape index (κ1) is 16.6. The number of hydrogen-bond acceptors (Lipinski definition) is 5. The average molecular weight is 359 g/mol. The highest BCUT2D eigenvalue weighted by Gasteiger charge is 2.33. The van der Waals surface area contributed by atoms with Crippen LogP contribution in [0.25, 0.3) is 0 Å². The molecular weight excluding hydrogens is 336 g/mol. The van der Waals surface area contributed by atoms with Crippen molar-refractivity contribution < 1.29 is 4.74 Å². The fourth-order valence-corrected chi connectivity index (χ4v) is 3.98. The van der Waals surface area contributed by atoms with Crippen molar-refractivity contribution in [2.24, 2.45) is 5.92 Å². The van der Waals surface area contributed by atoms with Gasteiger partial charge in [0.1, 0.15) is 11.6 Å². The first-order valence-corrected chi connectivity index (χ1v) is 9.31. The van der Waals surface area contributed by atoms with E-state index in [-0.39, 0.29) is 0 Å². The number of anilines is 1. The van der Waals surface area contributed by atoms with E-state index in [1.165, 1.54) is 12.8 Å². The lowest BCUT2D eigenvalue weighted by molar-refractivity contribution is 0.0727. The molecule has 0 saturated carbocycles. The smallest absolute Gasteiger partial charge is 0.224 e. The first-order chi connectivity index (χ1) is 12.3. The molecule has 0 N–H and O–H groups in total. The Balaban J connectivity index is 1.31. The Hall–Kier alpha value is -1.85.